The molecule has 1 aliphatic heterocycles. The number of hydrogen-bond acceptors (Lipinski definition) is 5. The van der Waals surface area contributed by atoms with E-state index in [4.69, 9.17) is 4.42 Å². The van der Waals surface area contributed by atoms with Gasteiger partial charge in [-0.1, -0.05) is 0 Å². The van der Waals surface area contributed by atoms with Gasteiger partial charge in [-0.2, -0.15) is 5.10 Å². The molecule has 29 heavy (non-hydrogen) atoms. The predicted molar refractivity (Wildman–Crippen MR) is 116 cm³/mol. The molecule has 1 aliphatic rings. The van der Waals surface area contributed by atoms with E-state index < -0.39 is 0 Å². The lowest BCUT2D eigenvalue weighted by molar-refractivity contribution is 0.360. The Kier molecular flexibility index (Phi) is 4.36. The number of likely N-dealkylation sites (N-methyl/N-ethyl adjacent to an activating group) is 1. The van der Waals surface area contributed by atoms with Crippen molar-refractivity contribution in [1.29, 1.82) is 0 Å². The van der Waals surface area contributed by atoms with Gasteiger partial charge in [-0.05, 0) is 68.9 Å². The summed E-state index contributed by atoms with van der Waals surface area (Å²) >= 11 is 0. The predicted octanol–water partition coefficient (Wildman–Crippen LogP) is 3.56. The number of fused-ring (bicyclic) bond motifs is 2. The molecule has 0 unspecified atom stereocenters. The second-order valence-electron chi connectivity index (χ2n) is 7.92. The highest BCUT2D eigenvalue weighted by molar-refractivity contribution is 5.84. The van der Waals surface area contributed by atoms with Gasteiger partial charge in [-0.3, -0.25) is 0 Å². The standard InChI is InChI=1S/C23H24N4O2/c1-16-6-9-27-19(12-16)14-21(24-27)20-13-17-4-5-18(15-22(17)29-23(20)28)26-8-3-7-25(2)10-11-26/h4-6,9,12-15H,3,7-8,10-11H2,1-2H3. The normalized spacial score (nSPS) is 15.9. The van der Waals surface area contributed by atoms with Crippen LogP contribution in [-0.2, 0) is 0 Å². The molecule has 3 aromatic heterocycles. The largest absolute Gasteiger partial charge is 0.422 e. The Morgan fingerprint density at radius 2 is 1.90 bits per heavy atom. The summed E-state index contributed by atoms with van der Waals surface area (Å²) in [4.78, 5) is 17.4. The third-order valence-corrected chi connectivity index (χ3v) is 5.70. The number of aryl methyl sites for hydroxylation is 1. The topological polar surface area (TPSA) is 54.0 Å². The zero-order valence-electron chi connectivity index (χ0n) is 16.8. The Bertz CT molecular complexity index is 1260. The Labute approximate surface area is 169 Å². The second kappa shape index (κ2) is 7.04. The Morgan fingerprint density at radius 3 is 2.79 bits per heavy atom. The van der Waals surface area contributed by atoms with Crippen molar-refractivity contribution < 1.29 is 4.42 Å². The van der Waals surface area contributed by atoms with E-state index in [2.05, 4.69) is 28.0 Å². The molecule has 148 valence electrons. The smallest absolute Gasteiger partial charge is 0.345 e. The molecule has 0 radical (unpaired) electrons. The van der Waals surface area contributed by atoms with E-state index >= 15 is 0 Å². The zero-order chi connectivity index (χ0) is 20.0. The highest BCUT2D eigenvalue weighted by atomic mass is 16.4. The lowest BCUT2D eigenvalue weighted by atomic mass is 10.1. The Hall–Kier alpha value is -3.12. The molecule has 0 saturated carbocycles. The lowest BCUT2D eigenvalue weighted by Crippen LogP contribution is -2.28. The van der Waals surface area contributed by atoms with Gasteiger partial charge in [-0.15, -0.1) is 0 Å². The minimum absolute atomic E-state index is 0.356. The maximum Gasteiger partial charge on any atom is 0.345 e. The first kappa shape index (κ1) is 17.9. The van der Waals surface area contributed by atoms with Gasteiger partial charge in [-0.25, -0.2) is 9.31 Å². The van der Waals surface area contributed by atoms with Crippen LogP contribution >= 0.6 is 0 Å². The first-order valence-corrected chi connectivity index (χ1v) is 10.0. The summed E-state index contributed by atoms with van der Waals surface area (Å²) in [5, 5.41) is 5.45. The van der Waals surface area contributed by atoms with Crippen LogP contribution in [-0.4, -0.2) is 47.7 Å². The molecule has 0 spiro atoms. The Balaban J connectivity index is 1.53. The molecular formula is C23H24N4O2. The molecule has 0 bridgehead atoms. The minimum Gasteiger partial charge on any atom is -0.422 e. The summed E-state index contributed by atoms with van der Waals surface area (Å²) in [5.74, 6) is 0. The van der Waals surface area contributed by atoms with Crippen LogP contribution in [0, 0.1) is 6.92 Å². The molecule has 6 nitrogen and oxygen atoms in total. The summed E-state index contributed by atoms with van der Waals surface area (Å²) in [6.45, 7) is 6.18. The molecule has 4 aromatic rings. The molecule has 1 fully saturated rings. The zero-order valence-corrected chi connectivity index (χ0v) is 16.8. The maximum atomic E-state index is 12.7. The van der Waals surface area contributed by atoms with Gasteiger partial charge in [0.2, 0.25) is 0 Å². The van der Waals surface area contributed by atoms with E-state index in [1.807, 2.05) is 49.5 Å². The average Bonchev–Trinajstić information content (AvgIpc) is 2.99. The molecule has 6 heteroatoms. The fraction of sp³-hybridized carbons (Fsp3) is 0.304. The van der Waals surface area contributed by atoms with Crippen LogP contribution in [0.2, 0.25) is 0 Å². The van der Waals surface area contributed by atoms with Gasteiger partial charge in [0.1, 0.15) is 11.3 Å². The van der Waals surface area contributed by atoms with E-state index in [0.29, 0.717) is 16.8 Å². The third kappa shape index (κ3) is 3.40. The van der Waals surface area contributed by atoms with Crippen molar-refractivity contribution in [2.45, 2.75) is 13.3 Å². The fourth-order valence-corrected chi connectivity index (χ4v) is 4.02. The van der Waals surface area contributed by atoms with Gasteiger partial charge in [0.25, 0.3) is 0 Å². The van der Waals surface area contributed by atoms with Gasteiger partial charge >= 0.3 is 5.63 Å². The number of anilines is 1. The van der Waals surface area contributed by atoms with E-state index in [1.165, 1.54) is 0 Å². The molecule has 0 amide bonds. The van der Waals surface area contributed by atoms with Crippen molar-refractivity contribution in [3.05, 3.63) is 64.6 Å². The molecule has 0 aliphatic carbocycles. The van der Waals surface area contributed by atoms with Crippen LogP contribution in [0.3, 0.4) is 0 Å². The van der Waals surface area contributed by atoms with Crippen molar-refractivity contribution in [3.63, 3.8) is 0 Å². The SMILES string of the molecule is Cc1ccn2nc(-c3cc4ccc(N5CCCN(C)CC5)cc4oc3=O)cc2c1. The number of rotatable bonds is 2. The van der Waals surface area contributed by atoms with Crippen molar-refractivity contribution >= 4 is 22.2 Å². The number of nitrogens with zero attached hydrogens (tertiary/aromatic N) is 4. The first-order valence-electron chi connectivity index (χ1n) is 10.0. The van der Waals surface area contributed by atoms with E-state index in [1.54, 1.807) is 4.52 Å². The van der Waals surface area contributed by atoms with E-state index in [9.17, 15) is 4.79 Å². The van der Waals surface area contributed by atoms with Crippen LogP contribution in [0.4, 0.5) is 5.69 Å². The van der Waals surface area contributed by atoms with Crippen LogP contribution in [0.1, 0.15) is 12.0 Å². The molecule has 4 heterocycles. The van der Waals surface area contributed by atoms with Crippen molar-refractivity contribution in [2.24, 2.45) is 0 Å². The molecular weight excluding hydrogens is 364 g/mol. The van der Waals surface area contributed by atoms with Gasteiger partial charge in [0.05, 0.1) is 11.1 Å². The summed E-state index contributed by atoms with van der Waals surface area (Å²) < 4.78 is 7.49. The molecule has 1 saturated heterocycles. The molecule has 5 rings (SSSR count). The third-order valence-electron chi connectivity index (χ3n) is 5.70. The van der Waals surface area contributed by atoms with Gasteiger partial charge < -0.3 is 14.2 Å². The first-order chi connectivity index (χ1) is 14.1. The van der Waals surface area contributed by atoms with Crippen LogP contribution in [0.25, 0.3) is 27.7 Å². The quantitative estimate of drug-likeness (QED) is 0.492. The Morgan fingerprint density at radius 1 is 1.00 bits per heavy atom. The van der Waals surface area contributed by atoms with Gasteiger partial charge in [0.15, 0.2) is 0 Å². The summed E-state index contributed by atoms with van der Waals surface area (Å²) in [7, 11) is 2.16. The molecule has 0 N–H and O–H groups in total. The highest BCUT2D eigenvalue weighted by Gasteiger charge is 2.15. The van der Waals surface area contributed by atoms with Crippen LogP contribution < -0.4 is 10.5 Å². The number of aromatic nitrogens is 2. The van der Waals surface area contributed by atoms with Crippen molar-refractivity contribution in [2.75, 3.05) is 38.1 Å². The van der Waals surface area contributed by atoms with Gasteiger partial charge in [0, 0.05) is 43.0 Å². The van der Waals surface area contributed by atoms with Crippen LogP contribution in [0.15, 0.2) is 57.9 Å². The number of benzene rings is 1. The highest BCUT2D eigenvalue weighted by Crippen LogP contribution is 2.26. The monoisotopic (exact) mass is 388 g/mol. The van der Waals surface area contributed by atoms with Crippen LogP contribution in [0.5, 0.6) is 0 Å². The number of hydrogen-bond donors (Lipinski definition) is 0. The van der Waals surface area contributed by atoms with Crippen molar-refractivity contribution in [3.8, 4) is 11.3 Å². The fourth-order valence-electron chi connectivity index (χ4n) is 4.02. The van der Waals surface area contributed by atoms with Crippen molar-refractivity contribution in [1.82, 2.24) is 14.5 Å². The summed E-state index contributed by atoms with van der Waals surface area (Å²) in [6.07, 6.45) is 3.03. The summed E-state index contributed by atoms with van der Waals surface area (Å²) in [6, 6.07) is 14.0. The minimum atomic E-state index is -0.356. The second-order valence-corrected chi connectivity index (χ2v) is 7.92. The maximum absolute atomic E-state index is 12.7. The summed E-state index contributed by atoms with van der Waals surface area (Å²) in [5.41, 5.74) is 4.60. The lowest BCUT2D eigenvalue weighted by Gasteiger charge is -2.22. The average molecular weight is 388 g/mol. The van der Waals surface area contributed by atoms with E-state index in [0.717, 1.165) is 54.8 Å². The van der Waals surface area contributed by atoms with E-state index in [-0.39, 0.29) is 5.63 Å². The molecule has 1 aromatic carbocycles. The molecule has 0 atom stereocenters. The number of pyridine rings is 1.